The van der Waals surface area contributed by atoms with Crippen LogP contribution in [0.4, 0.5) is 4.79 Å². The van der Waals surface area contributed by atoms with E-state index in [0.29, 0.717) is 11.8 Å². The van der Waals surface area contributed by atoms with Crippen molar-refractivity contribution in [3.05, 3.63) is 0 Å². The van der Waals surface area contributed by atoms with E-state index in [0.717, 1.165) is 38.8 Å². The van der Waals surface area contributed by atoms with Gasteiger partial charge in [-0.15, -0.1) is 0 Å². The minimum Gasteiger partial charge on any atom is -0.480 e. The zero-order chi connectivity index (χ0) is 15.3. The molecule has 0 aromatic heterocycles. The summed E-state index contributed by atoms with van der Waals surface area (Å²) in [7, 11) is 0. The summed E-state index contributed by atoms with van der Waals surface area (Å²) in [4.78, 5) is 25.2. The average molecular weight is 296 g/mol. The number of aliphatic carboxylic acids is 1. The maximum Gasteiger partial charge on any atom is 0.326 e. The summed E-state index contributed by atoms with van der Waals surface area (Å²) in [5.74, 6) is -0.930. The molecule has 2 aliphatic rings. The van der Waals surface area contributed by atoms with E-state index in [1.54, 1.807) is 4.90 Å². The highest BCUT2D eigenvalue weighted by Crippen LogP contribution is 2.46. The quantitative estimate of drug-likeness (QED) is 0.819. The van der Waals surface area contributed by atoms with Crippen molar-refractivity contribution in [3.63, 3.8) is 0 Å². The van der Waals surface area contributed by atoms with Gasteiger partial charge in [0.25, 0.3) is 0 Å². The van der Waals surface area contributed by atoms with Crippen molar-refractivity contribution in [2.24, 2.45) is 5.41 Å². The first-order chi connectivity index (χ1) is 10.1. The number of carbonyl (C=O) groups excluding carboxylic acids is 1. The minimum atomic E-state index is -0.930. The Labute approximate surface area is 127 Å². The Morgan fingerprint density at radius 1 is 1.19 bits per heavy atom. The van der Waals surface area contributed by atoms with E-state index in [-0.39, 0.29) is 6.03 Å². The van der Waals surface area contributed by atoms with Crippen LogP contribution in [-0.2, 0) is 4.79 Å². The second kappa shape index (κ2) is 7.14. The molecule has 0 aromatic rings. The number of carbonyl (C=O) groups is 2. The lowest BCUT2D eigenvalue weighted by Gasteiger charge is -2.39. The van der Waals surface area contributed by atoms with E-state index in [1.807, 2.05) is 6.92 Å². The number of nitrogens with one attached hydrogen (secondary N) is 1. The van der Waals surface area contributed by atoms with Crippen LogP contribution in [0.15, 0.2) is 0 Å². The summed E-state index contributed by atoms with van der Waals surface area (Å²) in [6.07, 6.45) is 9.67. The number of unbranched alkanes of at least 4 members (excludes halogenated alkanes) is 1. The van der Waals surface area contributed by atoms with Crippen molar-refractivity contribution >= 4 is 12.0 Å². The molecular weight excluding hydrogens is 268 g/mol. The van der Waals surface area contributed by atoms with Gasteiger partial charge in [0.1, 0.15) is 6.04 Å². The average Bonchev–Trinajstić information content (AvgIpc) is 2.92. The molecule has 1 atom stereocenters. The van der Waals surface area contributed by atoms with Crippen LogP contribution in [0.1, 0.15) is 64.7 Å². The molecule has 5 heteroatoms. The molecule has 1 unspecified atom stereocenters. The van der Waals surface area contributed by atoms with Crippen molar-refractivity contribution in [2.45, 2.75) is 70.8 Å². The van der Waals surface area contributed by atoms with E-state index in [2.05, 4.69) is 5.32 Å². The molecule has 0 bridgehead atoms. The number of carboxylic acids is 1. The SMILES string of the molecule is CCCCC(NC(=O)N1CCC2(CCCC2)CC1)C(=O)O. The molecular formula is C16H28N2O3. The summed E-state index contributed by atoms with van der Waals surface area (Å²) in [5, 5.41) is 11.9. The zero-order valence-electron chi connectivity index (χ0n) is 13.1. The zero-order valence-corrected chi connectivity index (χ0v) is 13.1. The van der Waals surface area contributed by atoms with Crippen LogP contribution in [0.5, 0.6) is 0 Å². The molecule has 0 aromatic carbocycles. The van der Waals surface area contributed by atoms with Crippen LogP contribution in [0.3, 0.4) is 0 Å². The van der Waals surface area contributed by atoms with Gasteiger partial charge in [-0.1, -0.05) is 32.6 Å². The lowest BCUT2D eigenvalue weighted by molar-refractivity contribution is -0.139. The van der Waals surface area contributed by atoms with Gasteiger partial charge in [0.2, 0.25) is 0 Å². The van der Waals surface area contributed by atoms with Gasteiger partial charge in [-0.25, -0.2) is 9.59 Å². The first kappa shape index (κ1) is 16.1. The van der Waals surface area contributed by atoms with Crippen LogP contribution < -0.4 is 5.32 Å². The summed E-state index contributed by atoms with van der Waals surface area (Å²) >= 11 is 0. The molecule has 0 radical (unpaired) electrons. The normalized spacial score (nSPS) is 22.2. The van der Waals surface area contributed by atoms with E-state index in [1.165, 1.54) is 25.7 Å². The molecule has 5 nitrogen and oxygen atoms in total. The van der Waals surface area contributed by atoms with E-state index in [4.69, 9.17) is 0 Å². The van der Waals surface area contributed by atoms with Crippen molar-refractivity contribution in [3.8, 4) is 0 Å². The van der Waals surface area contributed by atoms with Gasteiger partial charge in [-0.3, -0.25) is 0 Å². The third kappa shape index (κ3) is 4.11. The number of nitrogens with zero attached hydrogens (tertiary/aromatic N) is 1. The molecule has 1 aliphatic heterocycles. The summed E-state index contributed by atoms with van der Waals surface area (Å²) in [6.45, 7) is 3.56. The Kier molecular flexibility index (Phi) is 5.48. The van der Waals surface area contributed by atoms with E-state index >= 15 is 0 Å². The molecule has 2 N–H and O–H groups in total. The largest absolute Gasteiger partial charge is 0.480 e. The molecule has 120 valence electrons. The van der Waals surface area contributed by atoms with E-state index < -0.39 is 12.0 Å². The highest BCUT2D eigenvalue weighted by atomic mass is 16.4. The smallest absolute Gasteiger partial charge is 0.326 e. The number of hydrogen-bond acceptors (Lipinski definition) is 2. The number of rotatable bonds is 5. The Hall–Kier alpha value is -1.26. The molecule has 2 amide bonds. The molecule has 1 saturated heterocycles. The monoisotopic (exact) mass is 296 g/mol. The fraction of sp³-hybridized carbons (Fsp3) is 0.875. The Balaban J connectivity index is 1.81. The molecule has 1 saturated carbocycles. The molecule has 2 fully saturated rings. The Bertz CT molecular complexity index is 368. The van der Waals surface area contributed by atoms with Crippen molar-refractivity contribution in [1.29, 1.82) is 0 Å². The second-order valence-corrected chi connectivity index (χ2v) is 6.68. The third-order valence-corrected chi connectivity index (χ3v) is 5.22. The van der Waals surface area contributed by atoms with Crippen molar-refractivity contribution in [1.82, 2.24) is 10.2 Å². The lowest BCUT2D eigenvalue weighted by atomic mass is 9.77. The third-order valence-electron chi connectivity index (χ3n) is 5.22. The minimum absolute atomic E-state index is 0.202. The number of hydrogen-bond donors (Lipinski definition) is 2. The van der Waals surface area contributed by atoms with Crippen molar-refractivity contribution < 1.29 is 14.7 Å². The van der Waals surface area contributed by atoms with Gasteiger partial charge < -0.3 is 15.3 Å². The second-order valence-electron chi connectivity index (χ2n) is 6.68. The lowest BCUT2D eigenvalue weighted by Crippen LogP contribution is -2.51. The maximum atomic E-state index is 12.2. The molecule has 21 heavy (non-hydrogen) atoms. The highest BCUT2D eigenvalue weighted by molar-refractivity contribution is 5.82. The molecule has 1 heterocycles. The fourth-order valence-electron chi connectivity index (χ4n) is 3.72. The maximum absolute atomic E-state index is 12.2. The molecule has 1 aliphatic carbocycles. The predicted molar refractivity (Wildman–Crippen MR) is 81.2 cm³/mol. The topological polar surface area (TPSA) is 69.6 Å². The van der Waals surface area contributed by atoms with Gasteiger partial charge in [0.05, 0.1) is 0 Å². The molecule has 2 rings (SSSR count). The number of urea groups is 1. The standard InChI is InChI=1S/C16H28N2O3/c1-2-3-6-13(14(19)20)17-15(21)18-11-9-16(10-12-18)7-4-5-8-16/h13H,2-12H2,1H3,(H,17,21)(H,19,20). The van der Waals surface area contributed by atoms with Gasteiger partial charge >= 0.3 is 12.0 Å². The van der Waals surface area contributed by atoms with Crippen LogP contribution in [-0.4, -0.2) is 41.1 Å². The highest BCUT2D eigenvalue weighted by Gasteiger charge is 2.38. The predicted octanol–water partition coefficient (Wildman–Crippen LogP) is 3.00. The Morgan fingerprint density at radius 3 is 2.33 bits per heavy atom. The van der Waals surface area contributed by atoms with Crippen LogP contribution >= 0.6 is 0 Å². The fourth-order valence-corrected chi connectivity index (χ4v) is 3.72. The summed E-state index contributed by atoms with van der Waals surface area (Å²) in [5.41, 5.74) is 0.477. The number of piperidine rings is 1. The van der Waals surface area contributed by atoms with Crippen LogP contribution in [0, 0.1) is 5.41 Å². The van der Waals surface area contributed by atoms with E-state index in [9.17, 15) is 14.7 Å². The van der Waals surface area contributed by atoms with Crippen LogP contribution in [0.2, 0.25) is 0 Å². The first-order valence-electron chi connectivity index (χ1n) is 8.34. The number of amides is 2. The van der Waals surface area contributed by atoms with Gasteiger partial charge in [-0.2, -0.15) is 0 Å². The van der Waals surface area contributed by atoms with Gasteiger partial charge in [-0.05, 0) is 37.5 Å². The van der Waals surface area contributed by atoms with Crippen molar-refractivity contribution in [2.75, 3.05) is 13.1 Å². The van der Waals surface area contributed by atoms with Gasteiger partial charge in [0.15, 0.2) is 0 Å². The summed E-state index contributed by atoms with van der Waals surface area (Å²) in [6, 6.07) is -0.953. The van der Waals surface area contributed by atoms with Gasteiger partial charge in [0, 0.05) is 13.1 Å². The molecule has 1 spiro atoms. The van der Waals surface area contributed by atoms with Crippen LogP contribution in [0.25, 0.3) is 0 Å². The Morgan fingerprint density at radius 2 is 1.81 bits per heavy atom. The number of likely N-dealkylation sites (tertiary alicyclic amines) is 1. The first-order valence-corrected chi connectivity index (χ1v) is 8.34. The number of carboxylic acid groups (broad SMARTS) is 1. The summed E-state index contributed by atoms with van der Waals surface area (Å²) < 4.78 is 0.